The molecule has 30 heavy (non-hydrogen) atoms. The van der Waals surface area contributed by atoms with E-state index in [0.29, 0.717) is 34.8 Å². The number of rotatable bonds is 4. The summed E-state index contributed by atoms with van der Waals surface area (Å²) in [6.07, 6.45) is 1.44. The fraction of sp³-hybridized carbons (Fsp3) is 0.400. The SMILES string of the molecule is Cc1cccc(N2CC3C(C2)C3c2noc(Cn3cnc4nnn(C)c4c3=O)n2)c1. The number of fused-ring (bicyclic) bond motifs is 2. The lowest BCUT2D eigenvalue weighted by Crippen LogP contribution is -2.24. The van der Waals surface area contributed by atoms with Gasteiger partial charge in [-0.15, -0.1) is 5.10 Å². The molecule has 1 aliphatic carbocycles. The number of aryl methyl sites for hydroxylation is 2. The Hall–Kier alpha value is -3.56. The van der Waals surface area contributed by atoms with Crippen LogP contribution in [0.4, 0.5) is 5.69 Å². The quantitative estimate of drug-likeness (QED) is 0.498. The summed E-state index contributed by atoms with van der Waals surface area (Å²) in [5.41, 5.74) is 3.00. The van der Waals surface area contributed by atoms with E-state index in [9.17, 15) is 4.79 Å². The van der Waals surface area contributed by atoms with Crippen LogP contribution in [0.25, 0.3) is 11.2 Å². The second kappa shape index (κ2) is 6.22. The molecule has 0 bridgehead atoms. The average molecular weight is 404 g/mol. The Morgan fingerprint density at radius 2 is 2.07 bits per heavy atom. The summed E-state index contributed by atoms with van der Waals surface area (Å²) in [4.78, 5) is 23.8. The highest BCUT2D eigenvalue weighted by molar-refractivity contribution is 5.67. The summed E-state index contributed by atoms with van der Waals surface area (Å²) in [7, 11) is 1.67. The van der Waals surface area contributed by atoms with E-state index < -0.39 is 0 Å². The number of piperidine rings is 1. The number of nitrogens with zero attached hydrogens (tertiary/aromatic N) is 8. The van der Waals surface area contributed by atoms with Crippen LogP contribution < -0.4 is 10.5 Å². The smallest absolute Gasteiger partial charge is 0.281 e. The Bertz CT molecular complexity index is 1310. The molecule has 6 rings (SSSR count). The molecular weight excluding hydrogens is 384 g/mol. The minimum absolute atomic E-state index is 0.178. The zero-order valence-electron chi connectivity index (χ0n) is 16.6. The summed E-state index contributed by atoms with van der Waals surface area (Å²) in [5.74, 6) is 2.59. The van der Waals surface area contributed by atoms with Crippen molar-refractivity contribution < 1.29 is 4.52 Å². The first-order valence-electron chi connectivity index (χ1n) is 9.97. The molecule has 2 fully saturated rings. The van der Waals surface area contributed by atoms with Crippen LogP contribution in [-0.4, -0.2) is 47.8 Å². The number of hydrogen-bond donors (Lipinski definition) is 0. The fourth-order valence-electron chi connectivity index (χ4n) is 4.65. The maximum atomic E-state index is 12.6. The maximum Gasteiger partial charge on any atom is 0.281 e. The number of anilines is 1. The zero-order valence-corrected chi connectivity index (χ0v) is 16.6. The third-order valence-corrected chi connectivity index (χ3v) is 6.24. The molecule has 0 spiro atoms. The van der Waals surface area contributed by atoms with Gasteiger partial charge in [0.2, 0.25) is 11.5 Å². The van der Waals surface area contributed by atoms with Crippen LogP contribution in [0.15, 0.2) is 39.9 Å². The van der Waals surface area contributed by atoms with Gasteiger partial charge in [0.25, 0.3) is 5.56 Å². The van der Waals surface area contributed by atoms with Crippen molar-refractivity contribution in [2.75, 3.05) is 18.0 Å². The van der Waals surface area contributed by atoms with E-state index in [0.717, 1.165) is 18.9 Å². The van der Waals surface area contributed by atoms with Crippen LogP contribution in [0, 0.1) is 18.8 Å². The second-order valence-electron chi connectivity index (χ2n) is 8.21. The van der Waals surface area contributed by atoms with Gasteiger partial charge in [0, 0.05) is 31.7 Å². The van der Waals surface area contributed by atoms with Crippen molar-refractivity contribution in [2.45, 2.75) is 19.4 Å². The second-order valence-corrected chi connectivity index (χ2v) is 8.21. The molecular formula is C20H20N8O2. The first kappa shape index (κ1) is 17.3. The lowest BCUT2D eigenvalue weighted by molar-refractivity contribution is 0.363. The van der Waals surface area contributed by atoms with E-state index in [1.807, 2.05) is 0 Å². The zero-order chi connectivity index (χ0) is 20.4. The Balaban J connectivity index is 1.17. The standard InChI is InChI=1S/C20H20N8O2/c1-11-4-3-5-12(6-11)27-7-13-14(8-27)16(13)18-22-15(30-24-18)9-28-10-21-19-17(20(28)29)26(2)25-23-19/h3-6,10,13-14,16H,7-9H2,1-2H3. The number of hydrogen-bond acceptors (Lipinski definition) is 8. The highest BCUT2D eigenvalue weighted by Gasteiger charge is 2.58. The Kier molecular flexibility index (Phi) is 3.59. The lowest BCUT2D eigenvalue weighted by atomic mass is 10.2. The summed E-state index contributed by atoms with van der Waals surface area (Å²) >= 11 is 0. The molecule has 1 saturated carbocycles. The van der Waals surface area contributed by atoms with Gasteiger partial charge in [0.05, 0.1) is 0 Å². The predicted molar refractivity (Wildman–Crippen MR) is 107 cm³/mol. The van der Waals surface area contributed by atoms with Crippen molar-refractivity contribution in [3.8, 4) is 0 Å². The van der Waals surface area contributed by atoms with Crippen LogP contribution in [-0.2, 0) is 13.6 Å². The minimum atomic E-state index is -0.232. The van der Waals surface area contributed by atoms with Crippen molar-refractivity contribution in [1.82, 2.24) is 34.7 Å². The molecule has 1 aromatic carbocycles. The van der Waals surface area contributed by atoms with Gasteiger partial charge in [0.1, 0.15) is 12.9 Å². The lowest BCUT2D eigenvalue weighted by Gasteiger charge is -2.21. The van der Waals surface area contributed by atoms with E-state index in [1.165, 1.54) is 26.8 Å². The van der Waals surface area contributed by atoms with Gasteiger partial charge in [0.15, 0.2) is 11.3 Å². The van der Waals surface area contributed by atoms with Gasteiger partial charge < -0.3 is 9.42 Å². The monoisotopic (exact) mass is 404 g/mol. The highest BCUT2D eigenvalue weighted by atomic mass is 16.5. The van der Waals surface area contributed by atoms with Crippen molar-refractivity contribution in [3.05, 3.63) is 58.2 Å². The molecule has 1 aliphatic heterocycles. The van der Waals surface area contributed by atoms with Gasteiger partial charge >= 0.3 is 0 Å². The van der Waals surface area contributed by atoms with Crippen molar-refractivity contribution in [2.24, 2.45) is 18.9 Å². The van der Waals surface area contributed by atoms with E-state index in [1.54, 1.807) is 7.05 Å². The van der Waals surface area contributed by atoms with E-state index in [4.69, 9.17) is 4.52 Å². The van der Waals surface area contributed by atoms with Gasteiger partial charge in [-0.25, -0.2) is 9.67 Å². The van der Waals surface area contributed by atoms with Gasteiger partial charge in [-0.3, -0.25) is 9.36 Å². The van der Waals surface area contributed by atoms with Gasteiger partial charge in [-0.05, 0) is 36.5 Å². The first-order valence-corrected chi connectivity index (χ1v) is 9.97. The van der Waals surface area contributed by atoms with Crippen LogP contribution in [0.5, 0.6) is 0 Å². The summed E-state index contributed by atoms with van der Waals surface area (Å²) in [5, 5.41) is 11.9. The largest absolute Gasteiger partial charge is 0.371 e. The highest BCUT2D eigenvalue weighted by Crippen LogP contribution is 2.57. The minimum Gasteiger partial charge on any atom is -0.371 e. The van der Waals surface area contributed by atoms with Crippen molar-refractivity contribution in [3.63, 3.8) is 0 Å². The van der Waals surface area contributed by atoms with Crippen LogP contribution in [0.1, 0.15) is 23.2 Å². The molecule has 10 heteroatoms. The molecule has 4 aromatic rings. The molecule has 0 N–H and O–H groups in total. The summed E-state index contributed by atoms with van der Waals surface area (Å²) < 4.78 is 8.30. The Morgan fingerprint density at radius 3 is 2.87 bits per heavy atom. The maximum absolute atomic E-state index is 12.6. The molecule has 2 unspecified atom stereocenters. The average Bonchev–Trinajstić information content (AvgIpc) is 3.16. The van der Waals surface area contributed by atoms with Crippen LogP contribution in [0.3, 0.4) is 0 Å². The van der Waals surface area contributed by atoms with E-state index in [2.05, 4.69) is 61.5 Å². The first-order chi connectivity index (χ1) is 14.6. The summed E-state index contributed by atoms with van der Waals surface area (Å²) in [6.45, 7) is 4.32. The molecule has 152 valence electrons. The van der Waals surface area contributed by atoms with Crippen LogP contribution >= 0.6 is 0 Å². The number of benzene rings is 1. The van der Waals surface area contributed by atoms with Gasteiger partial charge in [-0.1, -0.05) is 22.5 Å². The normalized spacial score (nSPS) is 22.6. The van der Waals surface area contributed by atoms with Gasteiger partial charge in [-0.2, -0.15) is 4.98 Å². The molecule has 0 radical (unpaired) electrons. The molecule has 2 aliphatic rings. The van der Waals surface area contributed by atoms with Crippen molar-refractivity contribution in [1.29, 1.82) is 0 Å². The molecule has 0 amide bonds. The van der Waals surface area contributed by atoms with E-state index in [-0.39, 0.29) is 12.1 Å². The molecule has 3 aromatic heterocycles. The number of aromatic nitrogens is 7. The van der Waals surface area contributed by atoms with E-state index >= 15 is 0 Å². The fourth-order valence-corrected chi connectivity index (χ4v) is 4.65. The predicted octanol–water partition coefficient (Wildman–Crippen LogP) is 1.11. The molecule has 10 nitrogen and oxygen atoms in total. The Morgan fingerprint density at radius 1 is 1.23 bits per heavy atom. The van der Waals surface area contributed by atoms with Crippen LogP contribution in [0.2, 0.25) is 0 Å². The third kappa shape index (κ3) is 2.63. The summed E-state index contributed by atoms with van der Waals surface area (Å²) in [6, 6.07) is 8.62. The molecule has 2 atom stereocenters. The van der Waals surface area contributed by atoms with Crippen molar-refractivity contribution >= 4 is 16.9 Å². The Labute approximate surface area is 171 Å². The third-order valence-electron chi connectivity index (χ3n) is 6.24. The molecule has 1 saturated heterocycles. The topological polar surface area (TPSA) is 108 Å². The molecule has 4 heterocycles.